The van der Waals surface area contributed by atoms with Crippen LogP contribution in [0.3, 0.4) is 0 Å². The smallest absolute Gasteiger partial charge is 0.192 e. The maximum Gasteiger partial charge on any atom is 0.192 e. The molecular weight excluding hydrogens is 340 g/mol. The predicted molar refractivity (Wildman–Crippen MR) is 113 cm³/mol. The van der Waals surface area contributed by atoms with E-state index in [2.05, 4.69) is 59.2 Å². The first kappa shape index (κ1) is 22.8. The van der Waals surface area contributed by atoms with Crippen molar-refractivity contribution in [2.75, 3.05) is 19.8 Å². The Balaban J connectivity index is 2.65. The first-order valence-electron chi connectivity index (χ1n) is 9.32. The standard InChI is InChI=1S/C22H36O3Si/c1-8-15-24-21(18-23-16-19-13-11-10-12-14-19)20(9-2)17-25-26(6,7)22(3,4)5/h8-14,20-21H,1-2,15-18H2,3-7H3/t20-,21-/m0/s1. The molecule has 0 radical (unpaired) electrons. The van der Waals surface area contributed by atoms with Crippen molar-refractivity contribution in [3.05, 3.63) is 61.2 Å². The highest BCUT2D eigenvalue weighted by atomic mass is 28.4. The second-order valence-corrected chi connectivity index (χ2v) is 12.9. The van der Waals surface area contributed by atoms with E-state index in [0.29, 0.717) is 26.4 Å². The Hall–Kier alpha value is -1.20. The van der Waals surface area contributed by atoms with Crippen molar-refractivity contribution in [3.63, 3.8) is 0 Å². The average molecular weight is 377 g/mol. The Labute approximate surface area is 161 Å². The zero-order chi connectivity index (χ0) is 19.6. The van der Waals surface area contributed by atoms with Crippen molar-refractivity contribution in [2.24, 2.45) is 5.92 Å². The molecule has 0 aliphatic carbocycles. The summed E-state index contributed by atoms with van der Waals surface area (Å²) in [7, 11) is -1.81. The fourth-order valence-corrected chi connectivity index (χ4v) is 3.24. The van der Waals surface area contributed by atoms with Crippen molar-refractivity contribution in [2.45, 2.75) is 51.6 Å². The van der Waals surface area contributed by atoms with Gasteiger partial charge in [0.2, 0.25) is 0 Å². The van der Waals surface area contributed by atoms with E-state index in [9.17, 15) is 0 Å². The number of hydrogen-bond donors (Lipinski definition) is 0. The van der Waals surface area contributed by atoms with Gasteiger partial charge in [-0.15, -0.1) is 13.2 Å². The van der Waals surface area contributed by atoms with Gasteiger partial charge in [-0.2, -0.15) is 0 Å². The van der Waals surface area contributed by atoms with Crippen LogP contribution in [0.25, 0.3) is 0 Å². The molecule has 1 aromatic rings. The van der Waals surface area contributed by atoms with Crippen LogP contribution in [0.4, 0.5) is 0 Å². The number of benzene rings is 1. The Morgan fingerprint density at radius 2 is 1.73 bits per heavy atom. The minimum Gasteiger partial charge on any atom is -0.416 e. The summed E-state index contributed by atoms with van der Waals surface area (Å²) in [5.74, 6) is 0.0832. The Kier molecular flexibility index (Phi) is 9.51. The summed E-state index contributed by atoms with van der Waals surface area (Å²) in [6.07, 6.45) is 3.59. The van der Waals surface area contributed by atoms with Gasteiger partial charge < -0.3 is 13.9 Å². The molecule has 0 fully saturated rings. The second-order valence-electron chi connectivity index (χ2n) is 8.13. The number of rotatable bonds is 12. The molecule has 0 bridgehead atoms. The first-order valence-corrected chi connectivity index (χ1v) is 12.2. The number of ether oxygens (including phenoxy) is 2. The van der Waals surface area contributed by atoms with E-state index in [-0.39, 0.29) is 17.1 Å². The van der Waals surface area contributed by atoms with Gasteiger partial charge in [0.15, 0.2) is 8.32 Å². The minimum atomic E-state index is -1.81. The molecule has 1 rings (SSSR count). The quantitative estimate of drug-likeness (QED) is 0.351. The topological polar surface area (TPSA) is 27.7 Å². The fraction of sp³-hybridized carbons (Fsp3) is 0.545. The Morgan fingerprint density at radius 1 is 1.08 bits per heavy atom. The fourth-order valence-electron chi connectivity index (χ4n) is 2.20. The summed E-state index contributed by atoms with van der Waals surface area (Å²) in [4.78, 5) is 0. The molecule has 0 aromatic heterocycles. The molecule has 3 nitrogen and oxygen atoms in total. The van der Waals surface area contributed by atoms with Crippen LogP contribution in [-0.2, 0) is 20.5 Å². The molecule has 0 saturated carbocycles. The van der Waals surface area contributed by atoms with E-state index in [1.54, 1.807) is 6.08 Å². The maximum atomic E-state index is 6.38. The van der Waals surface area contributed by atoms with E-state index in [1.807, 2.05) is 24.3 Å². The van der Waals surface area contributed by atoms with Gasteiger partial charge in [0.05, 0.1) is 25.9 Å². The molecular formula is C22H36O3Si. The molecule has 0 spiro atoms. The lowest BCUT2D eigenvalue weighted by Gasteiger charge is -2.38. The molecule has 4 heteroatoms. The van der Waals surface area contributed by atoms with Crippen LogP contribution in [0, 0.1) is 5.92 Å². The predicted octanol–water partition coefficient (Wildman–Crippen LogP) is 5.60. The van der Waals surface area contributed by atoms with Crippen LogP contribution in [0.5, 0.6) is 0 Å². The van der Waals surface area contributed by atoms with Gasteiger partial charge in [-0.25, -0.2) is 0 Å². The van der Waals surface area contributed by atoms with E-state index in [0.717, 1.165) is 5.56 Å². The van der Waals surface area contributed by atoms with Gasteiger partial charge in [0, 0.05) is 12.5 Å². The SMILES string of the molecule is C=CCO[C@@H](COCc1ccccc1)[C@@H](C=C)CO[Si](C)(C)C(C)(C)C. The molecule has 0 heterocycles. The summed E-state index contributed by atoms with van der Waals surface area (Å²) in [5.41, 5.74) is 1.16. The van der Waals surface area contributed by atoms with Gasteiger partial charge in [0.1, 0.15) is 0 Å². The summed E-state index contributed by atoms with van der Waals surface area (Å²) in [6, 6.07) is 10.2. The summed E-state index contributed by atoms with van der Waals surface area (Å²) in [5, 5.41) is 0.181. The van der Waals surface area contributed by atoms with Gasteiger partial charge in [0.25, 0.3) is 0 Å². The van der Waals surface area contributed by atoms with Crippen LogP contribution >= 0.6 is 0 Å². The van der Waals surface area contributed by atoms with Gasteiger partial charge >= 0.3 is 0 Å². The van der Waals surface area contributed by atoms with Crippen molar-refractivity contribution < 1.29 is 13.9 Å². The molecule has 0 unspecified atom stereocenters. The lowest BCUT2D eigenvalue weighted by Crippen LogP contribution is -2.43. The van der Waals surface area contributed by atoms with Gasteiger partial charge in [-0.05, 0) is 23.7 Å². The lowest BCUT2D eigenvalue weighted by atomic mass is 10.0. The van der Waals surface area contributed by atoms with Crippen molar-refractivity contribution >= 4 is 8.32 Å². The van der Waals surface area contributed by atoms with Crippen molar-refractivity contribution in [1.82, 2.24) is 0 Å². The van der Waals surface area contributed by atoms with Gasteiger partial charge in [-0.3, -0.25) is 0 Å². The summed E-state index contributed by atoms with van der Waals surface area (Å²) >= 11 is 0. The zero-order valence-corrected chi connectivity index (χ0v) is 18.2. The van der Waals surface area contributed by atoms with Crippen LogP contribution < -0.4 is 0 Å². The molecule has 0 aliphatic rings. The third kappa shape index (κ3) is 7.58. The molecule has 0 amide bonds. The minimum absolute atomic E-state index is 0.0832. The Bertz CT molecular complexity index is 534. The van der Waals surface area contributed by atoms with Crippen molar-refractivity contribution in [3.8, 4) is 0 Å². The normalized spacial score (nSPS) is 14.7. The van der Waals surface area contributed by atoms with Gasteiger partial charge in [-0.1, -0.05) is 63.3 Å². The Morgan fingerprint density at radius 3 is 2.27 bits per heavy atom. The second kappa shape index (κ2) is 10.8. The van der Waals surface area contributed by atoms with Crippen LogP contribution in [0.1, 0.15) is 26.3 Å². The highest BCUT2D eigenvalue weighted by molar-refractivity contribution is 6.74. The van der Waals surface area contributed by atoms with E-state index in [1.165, 1.54) is 0 Å². The van der Waals surface area contributed by atoms with Crippen LogP contribution in [0.15, 0.2) is 55.6 Å². The summed E-state index contributed by atoms with van der Waals surface area (Å²) in [6.45, 7) is 21.2. The molecule has 1 aromatic carbocycles. The molecule has 0 N–H and O–H groups in total. The lowest BCUT2D eigenvalue weighted by molar-refractivity contribution is -0.0400. The molecule has 2 atom stereocenters. The summed E-state index contributed by atoms with van der Waals surface area (Å²) < 4.78 is 18.2. The third-order valence-electron chi connectivity index (χ3n) is 5.04. The largest absolute Gasteiger partial charge is 0.416 e. The third-order valence-corrected chi connectivity index (χ3v) is 9.55. The van der Waals surface area contributed by atoms with Crippen LogP contribution in [0.2, 0.25) is 18.1 Å². The highest BCUT2D eigenvalue weighted by Gasteiger charge is 2.38. The van der Waals surface area contributed by atoms with E-state index < -0.39 is 8.32 Å². The first-order chi connectivity index (χ1) is 12.2. The number of hydrogen-bond acceptors (Lipinski definition) is 3. The monoisotopic (exact) mass is 376 g/mol. The highest BCUT2D eigenvalue weighted by Crippen LogP contribution is 2.37. The zero-order valence-electron chi connectivity index (χ0n) is 17.2. The maximum absolute atomic E-state index is 6.38. The molecule has 0 saturated heterocycles. The average Bonchev–Trinajstić information content (AvgIpc) is 2.59. The molecule has 26 heavy (non-hydrogen) atoms. The van der Waals surface area contributed by atoms with E-state index in [4.69, 9.17) is 13.9 Å². The van der Waals surface area contributed by atoms with Crippen molar-refractivity contribution in [1.29, 1.82) is 0 Å². The molecule has 146 valence electrons. The van der Waals surface area contributed by atoms with Crippen LogP contribution in [-0.4, -0.2) is 34.2 Å². The molecule has 0 aliphatic heterocycles. The van der Waals surface area contributed by atoms with E-state index >= 15 is 0 Å².